The van der Waals surface area contributed by atoms with Crippen molar-refractivity contribution in [2.75, 3.05) is 0 Å². The Balaban J connectivity index is 0. The van der Waals surface area contributed by atoms with Gasteiger partial charge in [-0.1, -0.05) is 74.3 Å². The van der Waals surface area contributed by atoms with Gasteiger partial charge in [-0.3, -0.25) is 0 Å². The monoisotopic (exact) mass is 268 g/mol. The molecule has 0 saturated heterocycles. The molecule has 1 fully saturated rings. The lowest BCUT2D eigenvalue weighted by molar-refractivity contribution is 0.457. The zero-order chi connectivity index (χ0) is 15.4. The molecule has 0 unspecified atom stereocenters. The predicted molar refractivity (Wildman–Crippen MR) is 91.5 cm³/mol. The van der Waals surface area contributed by atoms with Gasteiger partial charge in [0.25, 0.3) is 0 Å². The summed E-state index contributed by atoms with van der Waals surface area (Å²) in [4.78, 5) is 0. The molecule has 0 aromatic carbocycles. The zero-order valence-electron chi connectivity index (χ0n) is 15.0. The van der Waals surface area contributed by atoms with Gasteiger partial charge in [0, 0.05) is 0 Å². The number of hydrogen-bond acceptors (Lipinski definition) is 0. The Morgan fingerprint density at radius 3 is 1.32 bits per heavy atom. The average Bonchev–Trinajstić information content (AvgIpc) is 3.02. The van der Waals surface area contributed by atoms with Gasteiger partial charge >= 0.3 is 0 Å². The van der Waals surface area contributed by atoms with Gasteiger partial charge in [0.05, 0.1) is 0 Å². The highest BCUT2D eigenvalue weighted by Gasteiger charge is 2.21. The Morgan fingerprint density at radius 2 is 1.26 bits per heavy atom. The van der Waals surface area contributed by atoms with Crippen molar-refractivity contribution in [2.24, 2.45) is 29.6 Å². The molecule has 116 valence electrons. The largest absolute Gasteiger partial charge is 0.103 e. The molecule has 0 aromatic rings. The molecule has 0 atom stereocenters. The van der Waals surface area contributed by atoms with E-state index < -0.39 is 0 Å². The third-order valence-electron chi connectivity index (χ3n) is 3.47. The van der Waals surface area contributed by atoms with Crippen molar-refractivity contribution in [1.82, 2.24) is 0 Å². The summed E-state index contributed by atoms with van der Waals surface area (Å²) in [6.45, 7) is 21.5. The topological polar surface area (TPSA) is 0 Å². The fourth-order valence-corrected chi connectivity index (χ4v) is 1.35. The smallest absolute Gasteiger partial charge is 0.0330 e. The van der Waals surface area contributed by atoms with Gasteiger partial charge in [0.2, 0.25) is 0 Å². The Labute approximate surface area is 124 Å². The summed E-state index contributed by atoms with van der Waals surface area (Å²) in [6, 6.07) is 0. The molecule has 0 N–H and O–H groups in total. The Morgan fingerprint density at radius 1 is 0.842 bits per heavy atom. The fourth-order valence-electron chi connectivity index (χ4n) is 1.35. The molecule has 0 aromatic heterocycles. The number of allylic oxidation sites excluding steroid dienone is 1. The summed E-state index contributed by atoms with van der Waals surface area (Å²) in [5.41, 5.74) is 0. The summed E-state index contributed by atoms with van der Waals surface area (Å²) in [7, 11) is 0. The predicted octanol–water partition coefficient (Wildman–Crippen LogP) is 6.96. The van der Waals surface area contributed by atoms with Gasteiger partial charge < -0.3 is 0 Å². The van der Waals surface area contributed by atoms with Crippen LogP contribution in [0.5, 0.6) is 0 Å². The van der Waals surface area contributed by atoms with Crippen molar-refractivity contribution in [1.29, 1.82) is 0 Å². The van der Waals surface area contributed by atoms with Gasteiger partial charge in [-0.15, -0.1) is 6.58 Å². The maximum Gasteiger partial charge on any atom is -0.0330 e. The molecule has 0 bridgehead atoms. The summed E-state index contributed by atoms with van der Waals surface area (Å²) >= 11 is 0. The SMILES string of the molecule is C=CCC(C)C.CC(C)C(C)C.CC(C)CC1CC1. The van der Waals surface area contributed by atoms with Crippen molar-refractivity contribution < 1.29 is 0 Å². The molecule has 0 amide bonds. The Hall–Kier alpha value is -0.260. The normalized spacial score (nSPS) is 14.1. The maximum atomic E-state index is 3.60. The van der Waals surface area contributed by atoms with Crippen molar-refractivity contribution in [3.05, 3.63) is 12.7 Å². The summed E-state index contributed by atoms with van der Waals surface area (Å²) in [6.07, 6.45) is 7.58. The molecule has 1 aliphatic rings. The molecule has 1 rings (SSSR count). The van der Waals surface area contributed by atoms with Crippen LogP contribution in [0.1, 0.15) is 81.1 Å². The van der Waals surface area contributed by atoms with E-state index in [1.54, 1.807) is 0 Å². The van der Waals surface area contributed by atoms with E-state index in [0.29, 0.717) is 0 Å². The van der Waals surface area contributed by atoms with Crippen LogP contribution >= 0.6 is 0 Å². The van der Waals surface area contributed by atoms with Crippen molar-refractivity contribution >= 4 is 0 Å². The van der Waals surface area contributed by atoms with E-state index in [2.05, 4.69) is 62.0 Å². The second kappa shape index (κ2) is 12.8. The van der Waals surface area contributed by atoms with Crippen LogP contribution in [0.4, 0.5) is 0 Å². The van der Waals surface area contributed by atoms with Crippen LogP contribution < -0.4 is 0 Å². The molecule has 1 aliphatic carbocycles. The van der Waals surface area contributed by atoms with Crippen LogP contribution in [0.2, 0.25) is 0 Å². The van der Waals surface area contributed by atoms with Gasteiger partial charge in [-0.05, 0) is 42.4 Å². The lowest BCUT2D eigenvalue weighted by Gasteiger charge is -2.05. The quantitative estimate of drug-likeness (QED) is 0.473. The lowest BCUT2D eigenvalue weighted by atomic mass is 10.0. The Bertz CT molecular complexity index is 176. The minimum Gasteiger partial charge on any atom is -0.103 e. The molecule has 0 aliphatic heterocycles. The van der Waals surface area contributed by atoms with Gasteiger partial charge in [-0.25, -0.2) is 0 Å². The second-order valence-corrected chi connectivity index (χ2v) is 7.48. The van der Waals surface area contributed by atoms with E-state index in [0.717, 1.165) is 36.0 Å². The van der Waals surface area contributed by atoms with Crippen LogP contribution in [0.3, 0.4) is 0 Å². The number of hydrogen-bond donors (Lipinski definition) is 0. The first-order valence-electron chi connectivity index (χ1n) is 8.31. The zero-order valence-corrected chi connectivity index (χ0v) is 15.0. The van der Waals surface area contributed by atoms with E-state index in [1.807, 2.05) is 6.08 Å². The Kier molecular flexibility index (Phi) is 14.1. The van der Waals surface area contributed by atoms with Crippen LogP contribution in [-0.2, 0) is 0 Å². The molecule has 19 heavy (non-hydrogen) atoms. The lowest BCUT2D eigenvalue weighted by Crippen LogP contribution is -1.95. The van der Waals surface area contributed by atoms with Gasteiger partial charge in [0.15, 0.2) is 0 Å². The minimum atomic E-state index is 0.780. The third kappa shape index (κ3) is 23.3. The maximum absolute atomic E-state index is 3.60. The second-order valence-electron chi connectivity index (χ2n) is 7.48. The average molecular weight is 269 g/mol. The van der Waals surface area contributed by atoms with Crippen LogP contribution in [0.15, 0.2) is 12.7 Å². The molecule has 0 heterocycles. The molecule has 0 nitrogen and oxygen atoms in total. The molecule has 0 radical (unpaired) electrons. The standard InChI is InChI=1S/C7H14.C6H14.C6H12/c1-6(2)5-7-3-4-7;1-5(2)6(3)4;1-4-5-6(2)3/h6-7H,3-5H2,1-2H3;5-6H,1-4H3;4,6H,1,5H2,2-3H3. The first kappa shape index (κ1) is 21.0. The van der Waals surface area contributed by atoms with Crippen LogP contribution in [0, 0.1) is 29.6 Å². The highest BCUT2D eigenvalue weighted by atomic mass is 14.3. The van der Waals surface area contributed by atoms with Crippen molar-refractivity contribution in [3.8, 4) is 0 Å². The first-order chi connectivity index (χ1) is 8.70. The molecular weight excluding hydrogens is 228 g/mol. The first-order valence-corrected chi connectivity index (χ1v) is 8.31. The molecule has 1 saturated carbocycles. The van der Waals surface area contributed by atoms with Crippen molar-refractivity contribution in [3.63, 3.8) is 0 Å². The highest BCUT2D eigenvalue weighted by Crippen LogP contribution is 2.34. The van der Waals surface area contributed by atoms with E-state index in [9.17, 15) is 0 Å². The molecule has 0 heteroatoms. The van der Waals surface area contributed by atoms with E-state index in [-0.39, 0.29) is 0 Å². The molecule has 0 spiro atoms. The van der Waals surface area contributed by atoms with E-state index in [1.165, 1.54) is 19.3 Å². The number of rotatable bonds is 5. The fraction of sp³-hybridized carbons (Fsp3) is 0.895. The minimum absolute atomic E-state index is 0.780. The third-order valence-corrected chi connectivity index (χ3v) is 3.47. The van der Waals surface area contributed by atoms with E-state index >= 15 is 0 Å². The summed E-state index contributed by atoms with van der Waals surface area (Å²) < 4.78 is 0. The highest BCUT2D eigenvalue weighted by molar-refractivity contribution is 4.73. The summed E-state index contributed by atoms with van der Waals surface area (Å²) in [5.74, 6) is 4.55. The summed E-state index contributed by atoms with van der Waals surface area (Å²) in [5, 5.41) is 0. The van der Waals surface area contributed by atoms with Crippen molar-refractivity contribution in [2.45, 2.75) is 81.1 Å². The van der Waals surface area contributed by atoms with Crippen LogP contribution in [0.25, 0.3) is 0 Å². The van der Waals surface area contributed by atoms with E-state index in [4.69, 9.17) is 0 Å². The molecular formula is C19H40. The van der Waals surface area contributed by atoms with Crippen LogP contribution in [-0.4, -0.2) is 0 Å². The van der Waals surface area contributed by atoms with Gasteiger partial charge in [-0.2, -0.15) is 0 Å². The van der Waals surface area contributed by atoms with Gasteiger partial charge in [0.1, 0.15) is 0 Å².